The van der Waals surface area contributed by atoms with Gasteiger partial charge in [-0.15, -0.1) is 0 Å². The van der Waals surface area contributed by atoms with Crippen LogP contribution in [0.2, 0.25) is 0 Å². The monoisotopic (exact) mass is 286 g/mol. The molecule has 6 atom stereocenters. The van der Waals surface area contributed by atoms with Gasteiger partial charge in [-0.05, 0) is 84.5 Å². The number of aromatic hydroxyl groups is 1. The Morgan fingerprint density at radius 2 is 2.05 bits per heavy atom. The van der Waals surface area contributed by atoms with E-state index >= 15 is 0 Å². The van der Waals surface area contributed by atoms with E-state index in [1.807, 2.05) is 12.1 Å². The first-order valence-corrected chi connectivity index (χ1v) is 8.50. The minimum atomic E-state index is -0.121. The van der Waals surface area contributed by atoms with Gasteiger partial charge in [-0.1, -0.05) is 19.9 Å². The summed E-state index contributed by atoms with van der Waals surface area (Å²) in [5.41, 5.74) is 2.96. The Kier molecular flexibility index (Phi) is 2.91. The molecule has 0 amide bonds. The van der Waals surface area contributed by atoms with Crippen LogP contribution in [-0.4, -0.2) is 16.3 Å². The van der Waals surface area contributed by atoms with Crippen molar-refractivity contribution < 1.29 is 10.2 Å². The van der Waals surface area contributed by atoms with E-state index in [1.165, 1.54) is 30.4 Å². The molecule has 0 saturated heterocycles. The topological polar surface area (TPSA) is 40.5 Å². The Bertz CT molecular complexity index is 567. The molecule has 2 heteroatoms. The van der Waals surface area contributed by atoms with Crippen molar-refractivity contribution >= 4 is 0 Å². The third kappa shape index (κ3) is 1.81. The van der Waals surface area contributed by atoms with Crippen LogP contribution in [-0.2, 0) is 6.42 Å². The lowest BCUT2D eigenvalue weighted by Gasteiger charge is -2.50. The molecule has 1 aromatic carbocycles. The molecule has 1 aromatic rings. The summed E-state index contributed by atoms with van der Waals surface area (Å²) in [5, 5.41) is 20.4. The Hall–Kier alpha value is -1.02. The highest BCUT2D eigenvalue weighted by molar-refractivity contribution is 5.40. The van der Waals surface area contributed by atoms with Gasteiger partial charge >= 0.3 is 0 Å². The van der Waals surface area contributed by atoms with E-state index in [0.29, 0.717) is 23.5 Å². The summed E-state index contributed by atoms with van der Waals surface area (Å²) in [5.74, 6) is 2.88. The third-order valence-corrected chi connectivity index (χ3v) is 6.99. The molecule has 3 unspecified atom stereocenters. The lowest BCUT2D eigenvalue weighted by Crippen LogP contribution is -2.44. The second-order valence-corrected chi connectivity index (χ2v) is 8.00. The van der Waals surface area contributed by atoms with Crippen LogP contribution in [0.1, 0.15) is 56.6 Å². The van der Waals surface area contributed by atoms with Gasteiger partial charge in [-0.2, -0.15) is 0 Å². The number of benzene rings is 1. The number of rotatable bonds is 0. The summed E-state index contributed by atoms with van der Waals surface area (Å²) in [4.78, 5) is 0. The summed E-state index contributed by atoms with van der Waals surface area (Å²) in [7, 11) is 0. The number of hydrogen-bond donors (Lipinski definition) is 2. The van der Waals surface area contributed by atoms with Gasteiger partial charge in [0.2, 0.25) is 0 Å². The van der Waals surface area contributed by atoms with Crippen LogP contribution in [0.4, 0.5) is 0 Å². The lowest BCUT2D eigenvalue weighted by molar-refractivity contribution is -0.0309. The third-order valence-electron chi connectivity index (χ3n) is 6.99. The number of hydrogen-bond acceptors (Lipinski definition) is 2. The second kappa shape index (κ2) is 4.49. The minimum Gasteiger partial charge on any atom is -0.508 e. The average molecular weight is 286 g/mol. The summed E-state index contributed by atoms with van der Waals surface area (Å²) in [6.07, 6.45) is 5.71. The van der Waals surface area contributed by atoms with Crippen LogP contribution in [0.3, 0.4) is 0 Å². The van der Waals surface area contributed by atoms with Crippen molar-refractivity contribution in [1.82, 2.24) is 0 Å². The van der Waals surface area contributed by atoms with Crippen molar-refractivity contribution in [1.29, 1.82) is 0 Å². The SMILES string of the molecule is C[C@@H]1CC2C3CCc4cc(O)ccc4C3CC[C@]2(C)[C@H]1O. The van der Waals surface area contributed by atoms with E-state index in [4.69, 9.17) is 0 Å². The molecule has 0 aliphatic heterocycles. The Morgan fingerprint density at radius 1 is 1.24 bits per heavy atom. The molecule has 4 rings (SSSR count). The average Bonchev–Trinajstić information content (AvgIpc) is 2.70. The Labute approximate surface area is 127 Å². The molecule has 0 bridgehead atoms. The molecule has 0 heterocycles. The molecule has 3 aliphatic carbocycles. The number of aliphatic hydroxyl groups excluding tert-OH is 1. The van der Waals surface area contributed by atoms with Crippen molar-refractivity contribution in [2.24, 2.45) is 23.2 Å². The molecule has 114 valence electrons. The molecular weight excluding hydrogens is 260 g/mol. The number of aryl methyl sites for hydroxylation is 1. The van der Waals surface area contributed by atoms with Crippen LogP contribution >= 0.6 is 0 Å². The van der Waals surface area contributed by atoms with E-state index in [-0.39, 0.29) is 11.5 Å². The predicted molar refractivity (Wildman–Crippen MR) is 83.3 cm³/mol. The van der Waals surface area contributed by atoms with E-state index < -0.39 is 0 Å². The van der Waals surface area contributed by atoms with Gasteiger partial charge in [0.25, 0.3) is 0 Å². The van der Waals surface area contributed by atoms with Gasteiger partial charge in [0.15, 0.2) is 0 Å². The van der Waals surface area contributed by atoms with Gasteiger partial charge in [-0.3, -0.25) is 0 Å². The fraction of sp³-hybridized carbons (Fsp3) is 0.684. The fourth-order valence-electron chi connectivity index (χ4n) is 5.91. The number of fused-ring (bicyclic) bond motifs is 5. The van der Waals surface area contributed by atoms with Crippen LogP contribution in [0.5, 0.6) is 5.75 Å². The molecule has 21 heavy (non-hydrogen) atoms. The highest BCUT2D eigenvalue weighted by Gasteiger charge is 2.56. The molecule has 0 spiro atoms. The molecule has 2 fully saturated rings. The maximum Gasteiger partial charge on any atom is 0.115 e. The van der Waals surface area contributed by atoms with Gasteiger partial charge in [-0.25, -0.2) is 0 Å². The van der Waals surface area contributed by atoms with Gasteiger partial charge < -0.3 is 10.2 Å². The minimum absolute atomic E-state index is 0.121. The molecule has 3 aliphatic rings. The first kappa shape index (κ1) is 13.6. The summed E-state index contributed by atoms with van der Waals surface area (Å²) in [6, 6.07) is 5.96. The predicted octanol–water partition coefficient (Wildman–Crippen LogP) is 3.86. The van der Waals surface area contributed by atoms with Crippen LogP contribution in [0, 0.1) is 23.2 Å². The summed E-state index contributed by atoms with van der Waals surface area (Å²) in [6.45, 7) is 4.55. The molecule has 0 radical (unpaired) electrons. The van der Waals surface area contributed by atoms with E-state index in [9.17, 15) is 10.2 Å². The Balaban J connectivity index is 1.71. The normalized spacial score (nSPS) is 44.8. The van der Waals surface area contributed by atoms with Crippen LogP contribution in [0.25, 0.3) is 0 Å². The smallest absolute Gasteiger partial charge is 0.115 e. The molecular formula is C19H26O2. The second-order valence-electron chi connectivity index (χ2n) is 8.00. The zero-order chi connectivity index (χ0) is 14.8. The molecule has 0 aromatic heterocycles. The van der Waals surface area contributed by atoms with Crippen molar-refractivity contribution in [2.75, 3.05) is 0 Å². The maximum atomic E-state index is 10.6. The standard InChI is InChI=1S/C19H26O2/c1-11-9-17-16-5-3-12-10-13(20)4-6-14(12)15(16)7-8-19(17,2)18(11)21/h4,6,10-11,15-18,20-21H,3,5,7-9H2,1-2H3/t11-,15?,16?,17?,18+,19+/m1/s1. The molecule has 2 N–H and O–H groups in total. The first-order chi connectivity index (χ1) is 10.0. The summed E-state index contributed by atoms with van der Waals surface area (Å²) < 4.78 is 0. The Morgan fingerprint density at radius 3 is 2.86 bits per heavy atom. The first-order valence-electron chi connectivity index (χ1n) is 8.50. The van der Waals surface area contributed by atoms with Gasteiger partial charge in [0.1, 0.15) is 5.75 Å². The highest BCUT2D eigenvalue weighted by Crippen LogP contribution is 2.62. The van der Waals surface area contributed by atoms with Crippen molar-refractivity contribution in [2.45, 2.75) is 58.0 Å². The lowest BCUT2D eigenvalue weighted by atomic mass is 9.55. The number of phenolic OH excluding ortho intramolecular Hbond substituents is 1. The van der Waals surface area contributed by atoms with Crippen LogP contribution < -0.4 is 0 Å². The molecule has 2 nitrogen and oxygen atoms in total. The zero-order valence-electron chi connectivity index (χ0n) is 13.0. The van der Waals surface area contributed by atoms with E-state index in [0.717, 1.165) is 18.8 Å². The van der Waals surface area contributed by atoms with Gasteiger partial charge in [0, 0.05) is 0 Å². The quantitative estimate of drug-likeness (QED) is 0.760. The number of aliphatic hydroxyl groups is 1. The number of phenols is 1. The maximum absolute atomic E-state index is 10.6. The fourth-order valence-corrected chi connectivity index (χ4v) is 5.91. The van der Waals surface area contributed by atoms with Crippen molar-refractivity contribution in [3.05, 3.63) is 29.3 Å². The highest BCUT2D eigenvalue weighted by atomic mass is 16.3. The van der Waals surface area contributed by atoms with E-state index in [1.54, 1.807) is 0 Å². The van der Waals surface area contributed by atoms with Crippen LogP contribution in [0.15, 0.2) is 18.2 Å². The zero-order valence-corrected chi connectivity index (χ0v) is 13.0. The van der Waals surface area contributed by atoms with Crippen molar-refractivity contribution in [3.8, 4) is 5.75 Å². The van der Waals surface area contributed by atoms with Gasteiger partial charge in [0.05, 0.1) is 6.10 Å². The molecule has 2 saturated carbocycles. The van der Waals surface area contributed by atoms with E-state index in [2.05, 4.69) is 19.9 Å². The largest absolute Gasteiger partial charge is 0.508 e. The van der Waals surface area contributed by atoms with Crippen molar-refractivity contribution in [3.63, 3.8) is 0 Å². The summed E-state index contributed by atoms with van der Waals surface area (Å²) >= 11 is 0.